The van der Waals surface area contributed by atoms with Crippen LogP contribution in [0.3, 0.4) is 0 Å². The van der Waals surface area contributed by atoms with Crippen molar-refractivity contribution in [2.45, 2.75) is 25.7 Å². The Balaban J connectivity index is 2.21. The molecule has 0 aliphatic carbocycles. The topological polar surface area (TPSA) is 58.6 Å². The van der Waals surface area contributed by atoms with Crippen LogP contribution in [0.15, 0.2) is 0 Å². The average molecular weight is 242 g/mol. The van der Waals surface area contributed by atoms with Crippen molar-refractivity contribution in [3.05, 3.63) is 0 Å². The molecule has 5 heteroatoms. The molecule has 1 fully saturated rings. The molecular formula is C12H22N2O3. The lowest BCUT2D eigenvalue weighted by molar-refractivity contribution is -0.146. The van der Waals surface area contributed by atoms with Gasteiger partial charge >= 0.3 is 5.97 Å². The van der Waals surface area contributed by atoms with E-state index in [1.165, 1.54) is 12.0 Å². The lowest BCUT2D eigenvalue weighted by atomic mass is 9.93. The molecule has 0 aromatic carbocycles. The molecule has 5 nitrogen and oxygen atoms in total. The molecule has 0 saturated carbocycles. The first-order valence-electron chi connectivity index (χ1n) is 6.15. The Bertz CT molecular complexity index is 262. The number of hydrogen-bond donors (Lipinski definition) is 1. The van der Waals surface area contributed by atoms with Crippen LogP contribution in [0.25, 0.3) is 0 Å². The fourth-order valence-electron chi connectivity index (χ4n) is 2.04. The zero-order chi connectivity index (χ0) is 12.7. The van der Waals surface area contributed by atoms with E-state index in [2.05, 4.69) is 10.1 Å². The smallest absolute Gasteiger partial charge is 0.325 e. The minimum atomic E-state index is -0.372. The van der Waals surface area contributed by atoms with Gasteiger partial charge in [0, 0.05) is 13.5 Å². The highest BCUT2D eigenvalue weighted by atomic mass is 16.5. The second kappa shape index (κ2) is 7.27. The van der Waals surface area contributed by atoms with Crippen LogP contribution in [-0.4, -0.2) is 50.6 Å². The van der Waals surface area contributed by atoms with Crippen molar-refractivity contribution in [1.29, 1.82) is 0 Å². The summed E-state index contributed by atoms with van der Waals surface area (Å²) >= 11 is 0. The summed E-state index contributed by atoms with van der Waals surface area (Å²) in [5.74, 6) is 0.295. The number of likely N-dealkylation sites (N-methyl/N-ethyl adjacent to an activating group) is 1. The highest BCUT2D eigenvalue weighted by molar-refractivity contribution is 5.81. The van der Waals surface area contributed by atoms with Gasteiger partial charge in [-0.2, -0.15) is 0 Å². The Kier molecular flexibility index (Phi) is 5.97. The van der Waals surface area contributed by atoms with Gasteiger partial charge in [0.25, 0.3) is 0 Å². The minimum absolute atomic E-state index is 0.0222. The van der Waals surface area contributed by atoms with Crippen molar-refractivity contribution in [2.75, 3.05) is 33.8 Å². The first-order chi connectivity index (χ1) is 8.13. The zero-order valence-corrected chi connectivity index (χ0v) is 10.7. The second-order valence-electron chi connectivity index (χ2n) is 4.56. The van der Waals surface area contributed by atoms with Crippen LogP contribution in [0, 0.1) is 5.92 Å². The molecule has 0 atom stereocenters. The van der Waals surface area contributed by atoms with Crippen LogP contribution in [0.5, 0.6) is 0 Å². The molecule has 17 heavy (non-hydrogen) atoms. The molecule has 0 aromatic rings. The average Bonchev–Trinajstić information content (AvgIpc) is 2.36. The number of carbonyl (C=O) groups is 2. The summed E-state index contributed by atoms with van der Waals surface area (Å²) in [6.45, 7) is 2.15. The quantitative estimate of drug-likeness (QED) is 0.709. The van der Waals surface area contributed by atoms with Crippen LogP contribution in [-0.2, 0) is 14.3 Å². The summed E-state index contributed by atoms with van der Waals surface area (Å²) in [5.41, 5.74) is 0. The third kappa shape index (κ3) is 5.17. The molecule has 0 bridgehead atoms. The molecule has 0 spiro atoms. The third-order valence-electron chi connectivity index (χ3n) is 3.24. The van der Waals surface area contributed by atoms with Crippen LogP contribution in [0.4, 0.5) is 0 Å². The number of rotatable bonds is 5. The van der Waals surface area contributed by atoms with Crippen molar-refractivity contribution in [3.63, 3.8) is 0 Å². The van der Waals surface area contributed by atoms with Crippen molar-refractivity contribution in [3.8, 4) is 0 Å². The maximum absolute atomic E-state index is 11.7. The lowest BCUT2D eigenvalue weighted by Crippen LogP contribution is -2.33. The Labute approximate surface area is 102 Å². The highest BCUT2D eigenvalue weighted by Gasteiger charge is 2.17. The summed E-state index contributed by atoms with van der Waals surface area (Å²) in [6, 6.07) is 0. The van der Waals surface area contributed by atoms with E-state index in [1.54, 1.807) is 7.05 Å². The third-order valence-corrected chi connectivity index (χ3v) is 3.24. The summed E-state index contributed by atoms with van der Waals surface area (Å²) in [4.78, 5) is 24.2. The minimum Gasteiger partial charge on any atom is -0.468 e. The number of esters is 1. The molecule has 98 valence electrons. The van der Waals surface area contributed by atoms with Crippen LogP contribution < -0.4 is 5.32 Å². The summed E-state index contributed by atoms with van der Waals surface area (Å²) < 4.78 is 4.52. The maximum atomic E-state index is 11.7. The first-order valence-corrected chi connectivity index (χ1v) is 6.15. The van der Waals surface area contributed by atoms with E-state index in [1.807, 2.05) is 0 Å². The van der Waals surface area contributed by atoms with Crippen LogP contribution in [0.2, 0.25) is 0 Å². The number of nitrogens with zero attached hydrogens (tertiary/aromatic N) is 1. The summed E-state index contributed by atoms with van der Waals surface area (Å²) in [7, 11) is 2.97. The monoisotopic (exact) mass is 242 g/mol. The molecule has 1 rings (SSSR count). The molecule has 1 aliphatic heterocycles. The number of piperidine rings is 1. The summed E-state index contributed by atoms with van der Waals surface area (Å²) in [6.07, 6.45) is 3.74. The normalized spacial score (nSPS) is 16.6. The predicted molar refractivity (Wildman–Crippen MR) is 64.5 cm³/mol. The van der Waals surface area contributed by atoms with Gasteiger partial charge in [0.2, 0.25) is 5.91 Å². The van der Waals surface area contributed by atoms with Crippen molar-refractivity contribution < 1.29 is 14.3 Å². The van der Waals surface area contributed by atoms with E-state index in [9.17, 15) is 9.59 Å². The molecule has 1 N–H and O–H groups in total. The standard InChI is InChI=1S/C12H22N2O3/c1-14(9-12(16)17-2)11(15)4-3-10-5-7-13-8-6-10/h10,13H,3-9H2,1-2H3. The van der Waals surface area contributed by atoms with Crippen molar-refractivity contribution in [2.24, 2.45) is 5.92 Å². The number of amides is 1. The Hall–Kier alpha value is -1.10. The van der Waals surface area contributed by atoms with Gasteiger partial charge in [0.05, 0.1) is 7.11 Å². The predicted octanol–water partition coefficient (Wildman–Crippen LogP) is 0.398. The molecule has 1 saturated heterocycles. The van der Waals surface area contributed by atoms with E-state index in [4.69, 9.17) is 0 Å². The van der Waals surface area contributed by atoms with Gasteiger partial charge in [-0.25, -0.2) is 0 Å². The SMILES string of the molecule is COC(=O)CN(C)C(=O)CCC1CCNCC1. The number of ether oxygens (including phenoxy) is 1. The van der Waals surface area contributed by atoms with E-state index in [0.717, 1.165) is 32.4 Å². The highest BCUT2D eigenvalue weighted by Crippen LogP contribution is 2.18. The van der Waals surface area contributed by atoms with Crippen LogP contribution in [0.1, 0.15) is 25.7 Å². The van der Waals surface area contributed by atoms with Gasteiger partial charge in [-0.15, -0.1) is 0 Å². The van der Waals surface area contributed by atoms with Gasteiger partial charge < -0.3 is 15.0 Å². The molecular weight excluding hydrogens is 220 g/mol. The van der Waals surface area contributed by atoms with Gasteiger partial charge in [0.1, 0.15) is 6.54 Å². The number of nitrogens with one attached hydrogen (secondary N) is 1. The Morgan fingerprint density at radius 1 is 1.35 bits per heavy atom. The zero-order valence-electron chi connectivity index (χ0n) is 10.7. The fraction of sp³-hybridized carbons (Fsp3) is 0.833. The van der Waals surface area contributed by atoms with E-state index in [-0.39, 0.29) is 18.4 Å². The van der Waals surface area contributed by atoms with Crippen LogP contribution >= 0.6 is 0 Å². The maximum Gasteiger partial charge on any atom is 0.325 e. The molecule has 0 aromatic heterocycles. The number of methoxy groups -OCH3 is 1. The lowest BCUT2D eigenvalue weighted by Gasteiger charge is -2.23. The van der Waals surface area contributed by atoms with Gasteiger partial charge in [-0.3, -0.25) is 9.59 Å². The van der Waals surface area contributed by atoms with E-state index in [0.29, 0.717) is 12.3 Å². The largest absolute Gasteiger partial charge is 0.468 e. The van der Waals surface area contributed by atoms with Crippen molar-refractivity contribution >= 4 is 11.9 Å². The molecule has 0 unspecified atom stereocenters. The number of carbonyl (C=O) groups excluding carboxylic acids is 2. The Morgan fingerprint density at radius 3 is 2.59 bits per heavy atom. The van der Waals surface area contributed by atoms with Gasteiger partial charge in [-0.1, -0.05) is 0 Å². The molecule has 1 amide bonds. The number of hydrogen-bond acceptors (Lipinski definition) is 4. The van der Waals surface area contributed by atoms with E-state index < -0.39 is 0 Å². The second-order valence-corrected chi connectivity index (χ2v) is 4.56. The first kappa shape index (κ1) is 14.0. The van der Waals surface area contributed by atoms with Gasteiger partial charge in [-0.05, 0) is 38.3 Å². The molecule has 1 heterocycles. The summed E-state index contributed by atoms with van der Waals surface area (Å²) in [5, 5.41) is 3.30. The Morgan fingerprint density at radius 2 is 2.00 bits per heavy atom. The van der Waals surface area contributed by atoms with Gasteiger partial charge in [0.15, 0.2) is 0 Å². The molecule has 1 aliphatic rings. The fourth-order valence-corrected chi connectivity index (χ4v) is 2.04. The van der Waals surface area contributed by atoms with Crippen molar-refractivity contribution in [1.82, 2.24) is 10.2 Å². The van der Waals surface area contributed by atoms with E-state index >= 15 is 0 Å². The molecule has 0 radical (unpaired) electrons.